The normalized spacial score (nSPS) is 12.0. The highest BCUT2D eigenvalue weighted by atomic mass is 19.1. The molecule has 0 bridgehead atoms. The highest BCUT2D eigenvalue weighted by Crippen LogP contribution is 2.24. The van der Waals surface area contributed by atoms with Gasteiger partial charge in [-0.3, -0.25) is 4.98 Å². The summed E-state index contributed by atoms with van der Waals surface area (Å²) < 4.78 is 13.5. The van der Waals surface area contributed by atoms with Crippen molar-refractivity contribution in [3.63, 3.8) is 0 Å². The lowest BCUT2D eigenvalue weighted by molar-refractivity contribution is 0.342. The fourth-order valence-corrected chi connectivity index (χ4v) is 1.50. The third-order valence-electron chi connectivity index (χ3n) is 2.20. The van der Waals surface area contributed by atoms with E-state index in [1.165, 1.54) is 6.20 Å². The van der Waals surface area contributed by atoms with E-state index in [0.717, 1.165) is 16.8 Å². The van der Waals surface area contributed by atoms with Gasteiger partial charge in [0.1, 0.15) is 5.83 Å². The zero-order chi connectivity index (χ0) is 10.7. The monoisotopic (exact) mass is 203 g/mol. The van der Waals surface area contributed by atoms with Gasteiger partial charge in [0.2, 0.25) is 0 Å². The highest BCUT2D eigenvalue weighted by molar-refractivity contribution is 5.91. The number of rotatable bonds is 2. The Morgan fingerprint density at radius 2 is 2.13 bits per heavy atom. The third-order valence-corrected chi connectivity index (χ3v) is 2.20. The smallest absolute Gasteiger partial charge is 0.130 e. The summed E-state index contributed by atoms with van der Waals surface area (Å²) in [5, 5.41) is 10.3. The quantitative estimate of drug-likeness (QED) is 0.813. The second-order valence-electron chi connectivity index (χ2n) is 3.14. The Hall–Kier alpha value is -1.74. The molecule has 15 heavy (non-hydrogen) atoms. The van der Waals surface area contributed by atoms with Gasteiger partial charge in [0.25, 0.3) is 0 Å². The summed E-state index contributed by atoms with van der Waals surface area (Å²) in [6.07, 6.45) is 4.28. The first-order valence-corrected chi connectivity index (χ1v) is 4.62. The summed E-state index contributed by atoms with van der Waals surface area (Å²) in [7, 11) is 0. The Bertz CT molecular complexity index is 502. The fraction of sp³-hybridized carbons (Fsp3) is 0.0833. The molecule has 1 N–H and O–H groups in total. The van der Waals surface area contributed by atoms with E-state index in [9.17, 15) is 4.39 Å². The molecule has 0 amide bonds. The molecule has 2 aromatic rings. The number of benzene rings is 1. The molecule has 0 fully saturated rings. The van der Waals surface area contributed by atoms with Crippen LogP contribution in [0.2, 0.25) is 0 Å². The third kappa shape index (κ3) is 1.87. The number of aliphatic hydroxyl groups excluding tert-OH is 1. The average molecular weight is 203 g/mol. The molecule has 2 nitrogen and oxygen atoms in total. The Morgan fingerprint density at radius 3 is 2.93 bits per heavy atom. The SMILES string of the molecule is OC/C=C(/F)c1cncc2ccccc12. The van der Waals surface area contributed by atoms with Gasteiger partial charge in [-0.05, 0) is 11.5 Å². The molecule has 0 saturated heterocycles. The largest absolute Gasteiger partial charge is 0.392 e. The van der Waals surface area contributed by atoms with Crippen LogP contribution < -0.4 is 0 Å². The lowest BCUT2D eigenvalue weighted by atomic mass is 10.1. The molecule has 0 saturated carbocycles. The van der Waals surface area contributed by atoms with Crippen molar-refractivity contribution >= 4 is 16.6 Å². The molecule has 76 valence electrons. The maximum absolute atomic E-state index is 13.5. The molecule has 0 aliphatic heterocycles. The molecule has 0 unspecified atom stereocenters. The van der Waals surface area contributed by atoms with Crippen molar-refractivity contribution in [2.24, 2.45) is 0 Å². The molecule has 0 radical (unpaired) electrons. The zero-order valence-corrected chi connectivity index (χ0v) is 8.02. The van der Waals surface area contributed by atoms with Crippen molar-refractivity contribution in [2.75, 3.05) is 6.61 Å². The van der Waals surface area contributed by atoms with Gasteiger partial charge in [0.15, 0.2) is 0 Å². The minimum Gasteiger partial charge on any atom is -0.392 e. The van der Waals surface area contributed by atoms with Crippen molar-refractivity contribution in [2.45, 2.75) is 0 Å². The first-order chi connectivity index (χ1) is 7.33. The van der Waals surface area contributed by atoms with Gasteiger partial charge in [-0.1, -0.05) is 24.3 Å². The number of hydrogen-bond donors (Lipinski definition) is 1. The summed E-state index contributed by atoms with van der Waals surface area (Å²) >= 11 is 0. The van der Waals surface area contributed by atoms with E-state index in [-0.39, 0.29) is 6.61 Å². The molecular weight excluding hydrogens is 193 g/mol. The van der Waals surface area contributed by atoms with E-state index in [1.54, 1.807) is 6.20 Å². The van der Waals surface area contributed by atoms with Crippen LogP contribution in [0, 0.1) is 0 Å². The number of pyridine rings is 1. The van der Waals surface area contributed by atoms with Crippen LogP contribution in [0.4, 0.5) is 4.39 Å². The van der Waals surface area contributed by atoms with Crippen molar-refractivity contribution in [1.82, 2.24) is 4.98 Å². The number of nitrogens with zero attached hydrogens (tertiary/aromatic N) is 1. The van der Waals surface area contributed by atoms with Crippen molar-refractivity contribution in [1.29, 1.82) is 0 Å². The van der Waals surface area contributed by atoms with E-state index < -0.39 is 5.83 Å². The van der Waals surface area contributed by atoms with Crippen LogP contribution in [0.1, 0.15) is 5.56 Å². The van der Waals surface area contributed by atoms with Gasteiger partial charge in [0.05, 0.1) is 6.61 Å². The van der Waals surface area contributed by atoms with E-state index in [0.29, 0.717) is 5.56 Å². The minimum absolute atomic E-state index is 0.310. The molecule has 0 spiro atoms. The van der Waals surface area contributed by atoms with E-state index in [4.69, 9.17) is 5.11 Å². The van der Waals surface area contributed by atoms with Crippen LogP contribution in [0.5, 0.6) is 0 Å². The van der Waals surface area contributed by atoms with Crippen molar-refractivity contribution in [3.8, 4) is 0 Å². The number of aromatic nitrogens is 1. The predicted octanol–water partition coefficient (Wildman–Crippen LogP) is 2.54. The molecule has 1 heterocycles. The summed E-state index contributed by atoms with van der Waals surface area (Å²) in [5.41, 5.74) is 0.419. The lowest BCUT2D eigenvalue weighted by Gasteiger charge is -2.02. The summed E-state index contributed by atoms with van der Waals surface area (Å²) in [6, 6.07) is 7.43. The van der Waals surface area contributed by atoms with Gasteiger partial charge < -0.3 is 5.11 Å². The Labute approximate surface area is 86.7 Å². The number of aliphatic hydroxyl groups is 1. The first kappa shape index (κ1) is 9.80. The molecular formula is C12H10FNO. The van der Waals surface area contributed by atoms with Crippen molar-refractivity contribution < 1.29 is 9.50 Å². The van der Waals surface area contributed by atoms with Gasteiger partial charge >= 0.3 is 0 Å². The Balaban J connectivity index is 2.66. The van der Waals surface area contributed by atoms with Gasteiger partial charge in [-0.25, -0.2) is 4.39 Å². The van der Waals surface area contributed by atoms with Crippen LogP contribution in [0.3, 0.4) is 0 Å². The summed E-state index contributed by atoms with van der Waals surface area (Å²) in [6.45, 7) is -0.310. The maximum Gasteiger partial charge on any atom is 0.130 e. The number of halogens is 1. The predicted molar refractivity (Wildman–Crippen MR) is 57.9 cm³/mol. The van der Waals surface area contributed by atoms with Crippen molar-refractivity contribution in [3.05, 3.63) is 48.3 Å². The molecule has 0 atom stereocenters. The van der Waals surface area contributed by atoms with Crippen LogP contribution in [-0.2, 0) is 0 Å². The molecule has 0 aliphatic carbocycles. The standard InChI is InChI=1S/C12H10FNO/c13-12(5-6-15)11-8-14-7-9-3-1-2-4-10(9)11/h1-5,7-8,15H,6H2/b12-5+. The first-order valence-electron chi connectivity index (χ1n) is 4.62. The Kier molecular flexibility index (Phi) is 2.74. The van der Waals surface area contributed by atoms with Gasteiger partial charge in [-0.15, -0.1) is 0 Å². The van der Waals surface area contributed by atoms with E-state index >= 15 is 0 Å². The van der Waals surface area contributed by atoms with E-state index in [2.05, 4.69) is 4.98 Å². The molecule has 1 aromatic heterocycles. The number of fused-ring (bicyclic) bond motifs is 1. The lowest BCUT2D eigenvalue weighted by Crippen LogP contribution is -1.86. The van der Waals surface area contributed by atoms with Gasteiger partial charge in [-0.2, -0.15) is 0 Å². The van der Waals surface area contributed by atoms with E-state index in [1.807, 2.05) is 24.3 Å². The van der Waals surface area contributed by atoms with Crippen LogP contribution >= 0.6 is 0 Å². The molecule has 3 heteroatoms. The second-order valence-corrected chi connectivity index (χ2v) is 3.14. The topological polar surface area (TPSA) is 33.1 Å². The Morgan fingerprint density at radius 1 is 1.33 bits per heavy atom. The zero-order valence-electron chi connectivity index (χ0n) is 8.02. The molecule has 2 rings (SSSR count). The van der Waals surface area contributed by atoms with Crippen LogP contribution in [0.15, 0.2) is 42.7 Å². The minimum atomic E-state index is -0.443. The molecule has 1 aromatic carbocycles. The van der Waals surface area contributed by atoms with Crippen LogP contribution in [0.25, 0.3) is 16.6 Å². The average Bonchev–Trinajstić information content (AvgIpc) is 2.28. The summed E-state index contributed by atoms with van der Waals surface area (Å²) in [5.74, 6) is -0.443. The van der Waals surface area contributed by atoms with Crippen LogP contribution in [-0.4, -0.2) is 16.7 Å². The molecule has 0 aliphatic rings. The number of hydrogen-bond acceptors (Lipinski definition) is 2. The van der Waals surface area contributed by atoms with Gasteiger partial charge in [0, 0.05) is 23.3 Å². The maximum atomic E-state index is 13.5. The second kappa shape index (κ2) is 4.19. The highest BCUT2D eigenvalue weighted by Gasteiger charge is 2.05. The summed E-state index contributed by atoms with van der Waals surface area (Å²) in [4.78, 5) is 3.95. The fourth-order valence-electron chi connectivity index (χ4n) is 1.50.